The van der Waals surface area contributed by atoms with Gasteiger partial charge in [-0.15, -0.1) is 0 Å². The number of rotatable bonds is 5. The van der Waals surface area contributed by atoms with E-state index in [0.29, 0.717) is 18.2 Å². The maximum Gasteiger partial charge on any atom is 0.108 e. The summed E-state index contributed by atoms with van der Waals surface area (Å²) in [7, 11) is 4.07. The van der Waals surface area contributed by atoms with Crippen molar-refractivity contribution in [3.05, 3.63) is 71.8 Å². The molecule has 0 amide bonds. The Bertz CT molecular complexity index is 635. The van der Waals surface area contributed by atoms with Crippen LogP contribution in [0.4, 0.5) is 0 Å². The minimum Gasteiger partial charge on any atom is -0.380 e. The highest BCUT2D eigenvalue weighted by Gasteiger charge is 2.46. The maximum atomic E-state index is 6.70. The fourth-order valence-electron chi connectivity index (χ4n) is 4.54. The molecule has 4 rings (SSSR count). The standard InChI is InChI=1S/C22H27NO2/c1-23-18-13-19(15-20(23)21(14-18)24-2)25-22(16-9-5-3-6-10-16)17-11-7-4-8-12-17/h3-12,18-22H,13-15H2,1-2H3/t18?,19-,20?,21+/m0/s1. The Labute approximate surface area is 150 Å². The van der Waals surface area contributed by atoms with Crippen molar-refractivity contribution in [3.8, 4) is 0 Å². The monoisotopic (exact) mass is 337 g/mol. The summed E-state index contributed by atoms with van der Waals surface area (Å²) in [5, 5.41) is 0. The van der Waals surface area contributed by atoms with Crippen LogP contribution in [0.5, 0.6) is 0 Å². The van der Waals surface area contributed by atoms with E-state index in [1.807, 2.05) is 7.11 Å². The highest BCUT2D eigenvalue weighted by Crippen LogP contribution is 2.39. The zero-order valence-electron chi connectivity index (χ0n) is 15.0. The van der Waals surface area contributed by atoms with Crippen LogP contribution < -0.4 is 0 Å². The van der Waals surface area contributed by atoms with Gasteiger partial charge in [0.05, 0.1) is 12.2 Å². The van der Waals surface area contributed by atoms with Crippen LogP contribution in [-0.2, 0) is 9.47 Å². The molecular weight excluding hydrogens is 310 g/mol. The summed E-state index contributed by atoms with van der Waals surface area (Å²) in [5.74, 6) is 0. The molecule has 3 nitrogen and oxygen atoms in total. The Balaban J connectivity index is 1.56. The van der Waals surface area contributed by atoms with E-state index >= 15 is 0 Å². The molecule has 2 unspecified atom stereocenters. The molecule has 2 bridgehead atoms. The molecule has 25 heavy (non-hydrogen) atoms. The molecule has 2 fully saturated rings. The first-order chi connectivity index (χ1) is 12.3. The molecule has 3 heteroatoms. The lowest BCUT2D eigenvalue weighted by Crippen LogP contribution is -2.45. The lowest BCUT2D eigenvalue weighted by atomic mass is 9.97. The highest BCUT2D eigenvalue weighted by atomic mass is 16.5. The predicted octanol–water partition coefficient (Wildman–Crippen LogP) is 4.04. The van der Waals surface area contributed by atoms with Crippen LogP contribution in [0.25, 0.3) is 0 Å². The lowest BCUT2D eigenvalue weighted by molar-refractivity contribution is -0.0523. The first kappa shape index (κ1) is 16.8. The molecule has 2 aliphatic heterocycles. The number of ether oxygens (including phenoxy) is 2. The number of piperidine rings is 1. The molecule has 0 radical (unpaired) electrons. The molecule has 2 aromatic rings. The van der Waals surface area contributed by atoms with Crippen molar-refractivity contribution in [3.63, 3.8) is 0 Å². The number of nitrogens with zero attached hydrogens (tertiary/aromatic N) is 1. The fourth-order valence-corrected chi connectivity index (χ4v) is 4.54. The van der Waals surface area contributed by atoms with Gasteiger partial charge in [-0.3, -0.25) is 4.90 Å². The Hall–Kier alpha value is -1.68. The molecule has 2 aromatic carbocycles. The number of likely N-dealkylation sites (N-methyl/N-ethyl adjacent to an activating group) is 1. The first-order valence-electron chi connectivity index (χ1n) is 9.26. The quantitative estimate of drug-likeness (QED) is 0.822. The van der Waals surface area contributed by atoms with E-state index in [4.69, 9.17) is 9.47 Å². The van der Waals surface area contributed by atoms with Gasteiger partial charge in [-0.2, -0.15) is 0 Å². The van der Waals surface area contributed by atoms with Crippen LogP contribution >= 0.6 is 0 Å². The van der Waals surface area contributed by atoms with Crippen molar-refractivity contribution >= 4 is 0 Å². The summed E-state index contributed by atoms with van der Waals surface area (Å²) < 4.78 is 12.4. The van der Waals surface area contributed by atoms with Gasteiger partial charge in [0.25, 0.3) is 0 Å². The summed E-state index contributed by atoms with van der Waals surface area (Å²) in [5.41, 5.74) is 2.45. The Morgan fingerprint density at radius 1 is 0.880 bits per heavy atom. The van der Waals surface area contributed by atoms with Gasteiger partial charge in [0, 0.05) is 19.2 Å². The second kappa shape index (κ2) is 7.28. The molecule has 132 valence electrons. The van der Waals surface area contributed by atoms with Crippen molar-refractivity contribution in [1.82, 2.24) is 4.90 Å². The Morgan fingerprint density at radius 3 is 2.04 bits per heavy atom. The number of methoxy groups -OCH3 is 1. The number of hydrogen-bond donors (Lipinski definition) is 0. The highest BCUT2D eigenvalue weighted by molar-refractivity contribution is 5.30. The number of hydrogen-bond acceptors (Lipinski definition) is 3. The average Bonchev–Trinajstić information content (AvgIpc) is 2.85. The van der Waals surface area contributed by atoms with E-state index in [1.165, 1.54) is 11.1 Å². The molecule has 2 saturated heterocycles. The Kier molecular flexibility index (Phi) is 4.89. The van der Waals surface area contributed by atoms with Gasteiger partial charge in [-0.05, 0) is 37.4 Å². The third-order valence-electron chi connectivity index (χ3n) is 5.91. The zero-order chi connectivity index (χ0) is 17.2. The van der Waals surface area contributed by atoms with E-state index in [0.717, 1.165) is 19.3 Å². The van der Waals surface area contributed by atoms with Crippen molar-refractivity contribution < 1.29 is 9.47 Å². The summed E-state index contributed by atoms with van der Waals surface area (Å²) in [6.07, 6.45) is 3.87. The van der Waals surface area contributed by atoms with Crippen LogP contribution in [0.3, 0.4) is 0 Å². The van der Waals surface area contributed by atoms with E-state index in [9.17, 15) is 0 Å². The SMILES string of the molecule is CO[C@@H]1CC2C[C@H](OC(c3ccccc3)c3ccccc3)CC1N2C. The van der Waals surface area contributed by atoms with Gasteiger partial charge in [0.1, 0.15) is 6.10 Å². The molecule has 0 aliphatic carbocycles. The summed E-state index contributed by atoms with van der Waals surface area (Å²) in [6.45, 7) is 0. The zero-order valence-corrected chi connectivity index (χ0v) is 15.0. The maximum absolute atomic E-state index is 6.70. The molecular formula is C22H27NO2. The number of benzene rings is 2. The van der Waals surface area contributed by atoms with Crippen molar-refractivity contribution in [2.24, 2.45) is 0 Å². The van der Waals surface area contributed by atoms with Gasteiger partial charge in [0.2, 0.25) is 0 Å². The predicted molar refractivity (Wildman–Crippen MR) is 99.6 cm³/mol. The lowest BCUT2D eigenvalue weighted by Gasteiger charge is -2.38. The molecule has 4 atom stereocenters. The average molecular weight is 337 g/mol. The van der Waals surface area contributed by atoms with Gasteiger partial charge in [0.15, 0.2) is 0 Å². The molecule has 0 saturated carbocycles. The van der Waals surface area contributed by atoms with Gasteiger partial charge in [-0.1, -0.05) is 60.7 Å². The summed E-state index contributed by atoms with van der Waals surface area (Å²) >= 11 is 0. The first-order valence-corrected chi connectivity index (χ1v) is 9.26. The molecule has 2 heterocycles. The third-order valence-corrected chi connectivity index (χ3v) is 5.91. The van der Waals surface area contributed by atoms with Crippen LogP contribution in [0.15, 0.2) is 60.7 Å². The van der Waals surface area contributed by atoms with Crippen LogP contribution in [0.2, 0.25) is 0 Å². The van der Waals surface area contributed by atoms with Crippen LogP contribution in [0, 0.1) is 0 Å². The summed E-state index contributed by atoms with van der Waals surface area (Å²) in [4.78, 5) is 2.49. The van der Waals surface area contributed by atoms with E-state index in [1.54, 1.807) is 0 Å². The topological polar surface area (TPSA) is 21.7 Å². The minimum absolute atomic E-state index is 0.00352. The van der Waals surface area contributed by atoms with Crippen LogP contribution in [-0.4, -0.2) is 43.3 Å². The molecule has 2 aliphatic rings. The van der Waals surface area contributed by atoms with Crippen molar-refractivity contribution in [2.45, 2.75) is 49.7 Å². The van der Waals surface area contributed by atoms with Gasteiger partial charge in [-0.25, -0.2) is 0 Å². The van der Waals surface area contributed by atoms with E-state index in [-0.39, 0.29) is 12.2 Å². The molecule has 0 N–H and O–H groups in total. The van der Waals surface area contributed by atoms with E-state index in [2.05, 4.69) is 72.6 Å². The minimum atomic E-state index is -0.00352. The number of fused-ring (bicyclic) bond motifs is 2. The van der Waals surface area contributed by atoms with Gasteiger partial charge < -0.3 is 9.47 Å². The smallest absolute Gasteiger partial charge is 0.108 e. The largest absolute Gasteiger partial charge is 0.380 e. The molecule has 0 aromatic heterocycles. The second-order valence-corrected chi connectivity index (χ2v) is 7.33. The third kappa shape index (κ3) is 3.37. The van der Waals surface area contributed by atoms with Crippen LogP contribution in [0.1, 0.15) is 36.5 Å². The van der Waals surface area contributed by atoms with Gasteiger partial charge >= 0.3 is 0 Å². The Morgan fingerprint density at radius 2 is 1.48 bits per heavy atom. The van der Waals surface area contributed by atoms with Crippen molar-refractivity contribution in [2.75, 3.05) is 14.2 Å². The molecule has 0 spiro atoms. The second-order valence-electron chi connectivity index (χ2n) is 7.33. The van der Waals surface area contributed by atoms with Crippen molar-refractivity contribution in [1.29, 1.82) is 0 Å². The normalized spacial score (nSPS) is 29.2. The van der Waals surface area contributed by atoms with E-state index < -0.39 is 0 Å². The fraction of sp³-hybridized carbons (Fsp3) is 0.455. The summed E-state index contributed by atoms with van der Waals surface area (Å²) in [6, 6.07) is 22.2.